The molecule has 0 aliphatic rings. The van der Waals surface area contributed by atoms with Gasteiger partial charge in [-0.2, -0.15) is 13.2 Å². The topological polar surface area (TPSA) is 42.9 Å². The molecule has 0 unspecified atom stereocenters. The second kappa shape index (κ2) is 5.81. The highest BCUT2D eigenvalue weighted by atomic mass is 32.2. The van der Waals surface area contributed by atoms with Gasteiger partial charge in [-0.25, -0.2) is 9.97 Å². The first kappa shape index (κ1) is 13.7. The average Bonchev–Trinajstić information content (AvgIpc) is 2.23. The SMILES string of the molecule is CC(=O)SCC=Cc1cnc(C(F)(F)F)nc1. The zero-order valence-corrected chi connectivity index (χ0v) is 9.68. The number of thioether (sulfide) groups is 1. The Hall–Kier alpha value is -1.37. The molecule has 0 saturated heterocycles. The molecule has 0 N–H and O–H groups in total. The van der Waals surface area contributed by atoms with E-state index in [2.05, 4.69) is 9.97 Å². The fraction of sp³-hybridized carbons (Fsp3) is 0.300. The van der Waals surface area contributed by atoms with Crippen LogP contribution in [0, 0.1) is 0 Å². The van der Waals surface area contributed by atoms with Crippen LogP contribution in [0.4, 0.5) is 13.2 Å². The van der Waals surface area contributed by atoms with E-state index in [1.54, 1.807) is 12.2 Å². The van der Waals surface area contributed by atoms with Gasteiger partial charge in [0.25, 0.3) is 0 Å². The Kier molecular flexibility index (Phi) is 4.68. The molecule has 1 rings (SSSR count). The number of halogens is 3. The van der Waals surface area contributed by atoms with Gasteiger partial charge in [-0.15, -0.1) is 0 Å². The van der Waals surface area contributed by atoms with E-state index in [0.717, 1.165) is 24.2 Å². The number of aromatic nitrogens is 2. The van der Waals surface area contributed by atoms with Crippen LogP contribution in [0.5, 0.6) is 0 Å². The predicted octanol–water partition coefficient (Wildman–Crippen LogP) is 2.79. The number of hydrogen-bond acceptors (Lipinski definition) is 4. The van der Waals surface area contributed by atoms with Gasteiger partial charge in [-0.1, -0.05) is 23.9 Å². The van der Waals surface area contributed by atoms with Gasteiger partial charge in [0.15, 0.2) is 5.12 Å². The van der Waals surface area contributed by atoms with Crippen molar-refractivity contribution in [2.24, 2.45) is 0 Å². The molecule has 0 fully saturated rings. The Morgan fingerprint density at radius 3 is 2.47 bits per heavy atom. The molecule has 0 aliphatic heterocycles. The van der Waals surface area contributed by atoms with Crippen molar-refractivity contribution >= 4 is 23.0 Å². The average molecular weight is 262 g/mol. The Morgan fingerprint density at radius 1 is 1.41 bits per heavy atom. The summed E-state index contributed by atoms with van der Waals surface area (Å²) in [5.74, 6) is -0.691. The van der Waals surface area contributed by atoms with Crippen LogP contribution < -0.4 is 0 Å². The van der Waals surface area contributed by atoms with Gasteiger partial charge in [-0.05, 0) is 0 Å². The molecule has 1 aromatic rings. The Labute approximate surface area is 100 Å². The largest absolute Gasteiger partial charge is 0.451 e. The molecular formula is C10H9F3N2OS. The van der Waals surface area contributed by atoms with E-state index in [1.165, 1.54) is 6.92 Å². The van der Waals surface area contributed by atoms with Gasteiger partial charge in [0.1, 0.15) is 0 Å². The molecule has 0 saturated carbocycles. The summed E-state index contributed by atoms with van der Waals surface area (Å²) >= 11 is 1.11. The van der Waals surface area contributed by atoms with Gasteiger partial charge in [0.05, 0.1) is 0 Å². The third kappa shape index (κ3) is 4.99. The van der Waals surface area contributed by atoms with Gasteiger partial charge in [-0.3, -0.25) is 4.79 Å². The van der Waals surface area contributed by atoms with Crippen LogP contribution in [-0.4, -0.2) is 20.8 Å². The van der Waals surface area contributed by atoms with Crippen molar-refractivity contribution in [3.05, 3.63) is 29.9 Å². The molecule has 0 aromatic carbocycles. The van der Waals surface area contributed by atoms with Crippen LogP contribution >= 0.6 is 11.8 Å². The second-order valence-corrected chi connectivity index (χ2v) is 4.24. The van der Waals surface area contributed by atoms with Crippen LogP contribution in [0.15, 0.2) is 18.5 Å². The minimum Gasteiger partial charge on any atom is -0.288 e. The molecule has 92 valence electrons. The maximum absolute atomic E-state index is 12.1. The Bertz CT molecular complexity index is 415. The highest BCUT2D eigenvalue weighted by Gasteiger charge is 2.34. The predicted molar refractivity (Wildman–Crippen MR) is 59.2 cm³/mol. The van der Waals surface area contributed by atoms with Gasteiger partial charge in [0.2, 0.25) is 5.82 Å². The highest BCUT2D eigenvalue weighted by Crippen LogP contribution is 2.25. The van der Waals surface area contributed by atoms with Gasteiger partial charge >= 0.3 is 6.18 Å². The van der Waals surface area contributed by atoms with E-state index in [-0.39, 0.29) is 5.12 Å². The normalized spacial score (nSPS) is 12.0. The summed E-state index contributed by atoms with van der Waals surface area (Å²) < 4.78 is 36.4. The highest BCUT2D eigenvalue weighted by molar-refractivity contribution is 8.13. The lowest BCUT2D eigenvalue weighted by molar-refractivity contribution is -0.145. The maximum Gasteiger partial charge on any atom is 0.451 e. The number of hydrogen-bond donors (Lipinski definition) is 0. The van der Waals surface area contributed by atoms with E-state index >= 15 is 0 Å². The first-order chi connectivity index (χ1) is 7.89. The fourth-order valence-corrected chi connectivity index (χ4v) is 1.35. The van der Waals surface area contributed by atoms with Crippen molar-refractivity contribution in [2.75, 3.05) is 5.75 Å². The fourth-order valence-electron chi connectivity index (χ4n) is 0.920. The van der Waals surface area contributed by atoms with E-state index in [0.29, 0.717) is 11.3 Å². The van der Waals surface area contributed by atoms with E-state index in [9.17, 15) is 18.0 Å². The molecule has 1 heterocycles. The van der Waals surface area contributed by atoms with Gasteiger partial charge < -0.3 is 0 Å². The summed E-state index contributed by atoms with van der Waals surface area (Å²) in [6.45, 7) is 1.44. The summed E-state index contributed by atoms with van der Waals surface area (Å²) in [5.41, 5.74) is 0.460. The number of nitrogens with zero attached hydrogens (tertiary/aromatic N) is 2. The molecule has 1 aromatic heterocycles. The molecule has 0 bridgehead atoms. The molecule has 0 atom stereocenters. The minimum absolute atomic E-state index is 0.0154. The summed E-state index contributed by atoms with van der Waals surface area (Å²) in [7, 11) is 0. The molecule has 7 heteroatoms. The van der Waals surface area contributed by atoms with E-state index in [4.69, 9.17) is 0 Å². The standard InChI is InChI=1S/C10H9F3N2OS/c1-7(16)17-4-2-3-8-5-14-9(15-6-8)10(11,12)13/h2-3,5-6H,4H2,1H3. The monoisotopic (exact) mass is 262 g/mol. The first-order valence-corrected chi connectivity index (χ1v) is 5.57. The quantitative estimate of drug-likeness (QED) is 0.840. The third-order valence-electron chi connectivity index (χ3n) is 1.62. The molecule has 3 nitrogen and oxygen atoms in total. The summed E-state index contributed by atoms with van der Waals surface area (Å²) in [6, 6.07) is 0. The van der Waals surface area contributed by atoms with Crippen molar-refractivity contribution in [1.29, 1.82) is 0 Å². The van der Waals surface area contributed by atoms with Crippen molar-refractivity contribution in [2.45, 2.75) is 13.1 Å². The van der Waals surface area contributed by atoms with Gasteiger partial charge in [0, 0.05) is 30.6 Å². The summed E-state index contributed by atoms with van der Waals surface area (Å²) in [5, 5.41) is -0.0154. The lowest BCUT2D eigenvalue weighted by atomic mass is 10.3. The number of carbonyl (C=O) groups excluding carboxylic acids is 1. The van der Waals surface area contributed by atoms with E-state index < -0.39 is 12.0 Å². The van der Waals surface area contributed by atoms with Crippen LogP contribution in [0.2, 0.25) is 0 Å². The lowest BCUT2D eigenvalue weighted by Crippen LogP contribution is -2.10. The number of rotatable bonds is 3. The van der Waals surface area contributed by atoms with Crippen LogP contribution in [0.25, 0.3) is 6.08 Å². The minimum atomic E-state index is -4.52. The Balaban J connectivity index is 2.60. The molecule has 17 heavy (non-hydrogen) atoms. The Morgan fingerprint density at radius 2 is 2.00 bits per heavy atom. The van der Waals surface area contributed by atoms with Crippen molar-refractivity contribution < 1.29 is 18.0 Å². The second-order valence-electron chi connectivity index (χ2n) is 3.04. The molecule has 0 radical (unpaired) electrons. The molecule has 0 amide bonds. The van der Waals surface area contributed by atoms with Crippen LogP contribution in [-0.2, 0) is 11.0 Å². The number of alkyl halides is 3. The number of carbonyl (C=O) groups is 1. The molecule has 0 spiro atoms. The third-order valence-corrected chi connectivity index (χ3v) is 2.38. The van der Waals surface area contributed by atoms with E-state index in [1.807, 2.05) is 0 Å². The van der Waals surface area contributed by atoms with Crippen molar-refractivity contribution in [3.63, 3.8) is 0 Å². The van der Waals surface area contributed by atoms with Crippen molar-refractivity contribution in [1.82, 2.24) is 9.97 Å². The summed E-state index contributed by atoms with van der Waals surface area (Å²) in [4.78, 5) is 17.0. The van der Waals surface area contributed by atoms with Crippen molar-refractivity contribution in [3.8, 4) is 0 Å². The lowest BCUT2D eigenvalue weighted by Gasteiger charge is -2.03. The first-order valence-electron chi connectivity index (χ1n) is 4.59. The molecular weight excluding hydrogens is 253 g/mol. The zero-order valence-electron chi connectivity index (χ0n) is 8.86. The van der Waals surface area contributed by atoms with Crippen LogP contribution in [0.1, 0.15) is 18.3 Å². The summed E-state index contributed by atoms with van der Waals surface area (Å²) in [6.07, 6.45) is 0.885. The molecule has 0 aliphatic carbocycles. The zero-order chi connectivity index (χ0) is 12.9. The van der Waals surface area contributed by atoms with Crippen LogP contribution in [0.3, 0.4) is 0 Å². The maximum atomic E-state index is 12.1. The smallest absolute Gasteiger partial charge is 0.288 e.